The minimum Gasteiger partial charge on any atom is -0.372 e. The average molecular weight is 245 g/mol. The van der Waals surface area contributed by atoms with Crippen molar-refractivity contribution >= 4 is 11.6 Å². The molecule has 1 aromatic carbocycles. The highest BCUT2D eigenvalue weighted by Crippen LogP contribution is 2.14. The minimum atomic E-state index is -0.470. The first-order chi connectivity index (χ1) is 8.70. The normalized spacial score (nSPS) is 12.1. The number of methoxy groups -OCH3 is 1. The van der Waals surface area contributed by atoms with Gasteiger partial charge in [0.1, 0.15) is 6.10 Å². The molecule has 1 atom stereocenters. The molecule has 5 heteroatoms. The van der Waals surface area contributed by atoms with E-state index in [4.69, 9.17) is 4.74 Å². The van der Waals surface area contributed by atoms with Crippen LogP contribution in [0.1, 0.15) is 6.92 Å². The van der Waals surface area contributed by atoms with Crippen LogP contribution in [0.4, 0.5) is 5.69 Å². The molecule has 0 aliphatic heterocycles. The zero-order valence-electron chi connectivity index (χ0n) is 10.3. The largest absolute Gasteiger partial charge is 0.372 e. The molecule has 1 N–H and O–H groups in total. The van der Waals surface area contributed by atoms with E-state index in [9.17, 15) is 4.79 Å². The van der Waals surface area contributed by atoms with E-state index in [2.05, 4.69) is 10.3 Å². The van der Waals surface area contributed by atoms with Gasteiger partial charge in [0.05, 0.1) is 6.33 Å². The third-order valence-corrected chi connectivity index (χ3v) is 2.64. The van der Waals surface area contributed by atoms with Gasteiger partial charge in [-0.3, -0.25) is 4.79 Å². The molecule has 2 aromatic rings. The van der Waals surface area contributed by atoms with Crippen molar-refractivity contribution in [3.05, 3.63) is 43.0 Å². The molecule has 0 aliphatic carbocycles. The predicted octanol–water partition coefficient (Wildman–Crippen LogP) is 1.85. The zero-order valence-corrected chi connectivity index (χ0v) is 10.3. The number of aromatic nitrogens is 2. The van der Waals surface area contributed by atoms with Gasteiger partial charge in [0, 0.05) is 30.9 Å². The summed E-state index contributed by atoms with van der Waals surface area (Å²) in [7, 11) is 1.51. The number of imidazole rings is 1. The van der Waals surface area contributed by atoms with Gasteiger partial charge in [-0.15, -0.1) is 0 Å². The van der Waals surface area contributed by atoms with Crippen LogP contribution in [0, 0.1) is 0 Å². The van der Waals surface area contributed by atoms with Gasteiger partial charge in [0.25, 0.3) is 5.91 Å². The summed E-state index contributed by atoms with van der Waals surface area (Å²) in [6.45, 7) is 1.70. The number of carbonyl (C=O) groups excluding carboxylic acids is 1. The summed E-state index contributed by atoms with van der Waals surface area (Å²) in [5.74, 6) is -0.166. The molecule has 0 bridgehead atoms. The quantitative estimate of drug-likeness (QED) is 0.894. The Kier molecular flexibility index (Phi) is 3.74. The van der Waals surface area contributed by atoms with Crippen LogP contribution < -0.4 is 5.32 Å². The molecule has 1 amide bonds. The van der Waals surface area contributed by atoms with Crippen molar-refractivity contribution in [3.63, 3.8) is 0 Å². The number of carbonyl (C=O) groups is 1. The molecule has 0 radical (unpaired) electrons. The molecule has 0 aliphatic rings. The average Bonchev–Trinajstić information content (AvgIpc) is 2.92. The van der Waals surface area contributed by atoms with E-state index in [1.54, 1.807) is 19.4 Å². The second-order valence-corrected chi connectivity index (χ2v) is 3.89. The van der Waals surface area contributed by atoms with E-state index in [1.807, 2.05) is 35.0 Å². The summed E-state index contributed by atoms with van der Waals surface area (Å²) >= 11 is 0. The van der Waals surface area contributed by atoms with Gasteiger partial charge >= 0.3 is 0 Å². The van der Waals surface area contributed by atoms with E-state index < -0.39 is 6.10 Å². The highest BCUT2D eigenvalue weighted by atomic mass is 16.5. The Morgan fingerprint density at radius 3 is 3.00 bits per heavy atom. The van der Waals surface area contributed by atoms with Crippen LogP contribution in [0.2, 0.25) is 0 Å². The summed E-state index contributed by atoms with van der Waals surface area (Å²) in [4.78, 5) is 15.7. The van der Waals surface area contributed by atoms with Gasteiger partial charge in [-0.2, -0.15) is 0 Å². The third-order valence-electron chi connectivity index (χ3n) is 2.64. The Bertz CT molecular complexity index is 523. The van der Waals surface area contributed by atoms with Crippen molar-refractivity contribution in [1.29, 1.82) is 0 Å². The number of benzene rings is 1. The van der Waals surface area contributed by atoms with E-state index in [-0.39, 0.29) is 5.91 Å². The standard InChI is InChI=1S/C13H15N3O2/c1-10(18-2)13(17)15-11-4-3-5-12(8-11)16-7-6-14-9-16/h3-10H,1-2H3,(H,15,17). The molecule has 0 saturated heterocycles. The van der Waals surface area contributed by atoms with Crippen LogP contribution in [0.3, 0.4) is 0 Å². The van der Waals surface area contributed by atoms with Crippen molar-refractivity contribution in [2.45, 2.75) is 13.0 Å². The number of ether oxygens (including phenoxy) is 1. The molecule has 5 nitrogen and oxygen atoms in total. The lowest BCUT2D eigenvalue weighted by atomic mass is 10.2. The number of amides is 1. The van der Waals surface area contributed by atoms with Gasteiger partial charge in [-0.25, -0.2) is 4.98 Å². The van der Waals surface area contributed by atoms with Crippen molar-refractivity contribution in [1.82, 2.24) is 9.55 Å². The second kappa shape index (κ2) is 5.46. The molecule has 0 saturated carbocycles. The van der Waals surface area contributed by atoms with Crippen LogP contribution in [-0.2, 0) is 9.53 Å². The highest BCUT2D eigenvalue weighted by Gasteiger charge is 2.11. The van der Waals surface area contributed by atoms with Gasteiger partial charge in [-0.05, 0) is 25.1 Å². The van der Waals surface area contributed by atoms with Gasteiger partial charge in [0.15, 0.2) is 0 Å². The maximum atomic E-state index is 11.7. The number of hydrogen-bond donors (Lipinski definition) is 1. The molecule has 94 valence electrons. The van der Waals surface area contributed by atoms with E-state index in [1.165, 1.54) is 7.11 Å². The van der Waals surface area contributed by atoms with Gasteiger partial charge in [-0.1, -0.05) is 6.07 Å². The maximum absolute atomic E-state index is 11.7. The van der Waals surface area contributed by atoms with E-state index >= 15 is 0 Å². The summed E-state index contributed by atoms with van der Waals surface area (Å²) in [6, 6.07) is 7.53. The third kappa shape index (κ3) is 2.75. The van der Waals surface area contributed by atoms with Crippen molar-refractivity contribution < 1.29 is 9.53 Å². The van der Waals surface area contributed by atoms with Crippen molar-refractivity contribution in [2.24, 2.45) is 0 Å². The topological polar surface area (TPSA) is 56.1 Å². The molecule has 1 aromatic heterocycles. The lowest BCUT2D eigenvalue weighted by Gasteiger charge is -2.11. The smallest absolute Gasteiger partial charge is 0.253 e. The Labute approximate surface area is 105 Å². The van der Waals surface area contributed by atoms with Gasteiger partial charge < -0.3 is 14.6 Å². The first-order valence-electron chi connectivity index (χ1n) is 5.63. The molecule has 18 heavy (non-hydrogen) atoms. The number of nitrogens with zero attached hydrogens (tertiary/aromatic N) is 2. The molecule has 0 fully saturated rings. The van der Waals surface area contributed by atoms with Crippen molar-refractivity contribution in [2.75, 3.05) is 12.4 Å². The minimum absolute atomic E-state index is 0.166. The monoisotopic (exact) mass is 245 g/mol. The zero-order chi connectivity index (χ0) is 13.0. The molecule has 0 spiro atoms. The first kappa shape index (κ1) is 12.3. The van der Waals surface area contributed by atoms with E-state index in [0.717, 1.165) is 11.4 Å². The van der Waals surface area contributed by atoms with Gasteiger partial charge in [0.2, 0.25) is 0 Å². The Balaban J connectivity index is 2.16. The van der Waals surface area contributed by atoms with Crippen LogP contribution in [0.15, 0.2) is 43.0 Å². The lowest BCUT2D eigenvalue weighted by Crippen LogP contribution is -2.26. The first-order valence-corrected chi connectivity index (χ1v) is 5.63. The predicted molar refractivity (Wildman–Crippen MR) is 68.7 cm³/mol. The fourth-order valence-electron chi connectivity index (χ4n) is 1.51. The van der Waals surface area contributed by atoms with Crippen LogP contribution >= 0.6 is 0 Å². The molecule has 1 unspecified atom stereocenters. The van der Waals surface area contributed by atoms with Crippen molar-refractivity contribution in [3.8, 4) is 5.69 Å². The Morgan fingerprint density at radius 2 is 2.33 bits per heavy atom. The number of rotatable bonds is 4. The Hall–Kier alpha value is -2.14. The molecule has 2 rings (SSSR count). The van der Waals surface area contributed by atoms with E-state index in [0.29, 0.717) is 0 Å². The lowest BCUT2D eigenvalue weighted by molar-refractivity contribution is -0.124. The fraction of sp³-hybridized carbons (Fsp3) is 0.231. The highest BCUT2D eigenvalue weighted by molar-refractivity contribution is 5.94. The maximum Gasteiger partial charge on any atom is 0.253 e. The summed E-state index contributed by atoms with van der Waals surface area (Å²) < 4.78 is 6.83. The molecular weight excluding hydrogens is 230 g/mol. The number of hydrogen-bond acceptors (Lipinski definition) is 3. The van der Waals surface area contributed by atoms with Crippen LogP contribution in [0.5, 0.6) is 0 Å². The summed E-state index contributed by atoms with van der Waals surface area (Å²) in [6.07, 6.45) is 4.79. The molecule has 1 heterocycles. The van der Waals surface area contributed by atoms with Crippen LogP contribution in [0.25, 0.3) is 5.69 Å². The summed E-state index contributed by atoms with van der Waals surface area (Å²) in [5.41, 5.74) is 1.67. The number of anilines is 1. The Morgan fingerprint density at radius 1 is 1.50 bits per heavy atom. The number of nitrogens with one attached hydrogen (secondary N) is 1. The van der Waals surface area contributed by atoms with Crippen LogP contribution in [-0.4, -0.2) is 28.7 Å². The second-order valence-electron chi connectivity index (χ2n) is 3.89. The SMILES string of the molecule is COC(C)C(=O)Nc1cccc(-n2ccnc2)c1. The summed E-state index contributed by atoms with van der Waals surface area (Å²) in [5, 5.41) is 2.80. The molecular formula is C13H15N3O2. The fourth-order valence-corrected chi connectivity index (χ4v) is 1.51.